The molecule has 0 radical (unpaired) electrons. The van der Waals surface area contributed by atoms with E-state index in [4.69, 9.17) is 10.00 Å². The van der Waals surface area contributed by atoms with Crippen LogP contribution < -0.4 is 4.72 Å². The third-order valence-corrected chi connectivity index (χ3v) is 4.96. The van der Waals surface area contributed by atoms with Gasteiger partial charge in [0.05, 0.1) is 23.5 Å². The minimum Gasteiger partial charge on any atom is -0.377 e. The van der Waals surface area contributed by atoms with Crippen molar-refractivity contribution in [2.75, 3.05) is 6.61 Å². The van der Waals surface area contributed by atoms with Crippen molar-refractivity contribution in [1.82, 2.24) is 4.72 Å². The van der Waals surface area contributed by atoms with Crippen LogP contribution in [0.5, 0.6) is 0 Å². The largest absolute Gasteiger partial charge is 0.377 e. The van der Waals surface area contributed by atoms with Crippen LogP contribution in [0.4, 0.5) is 0 Å². The standard InChI is InChI=1S/C14H18N2O3S/c1-11(14-3-2-10-19-14)16-20(17,18)13-6-4-12(5-7-13)8-9-15/h4-7,11,14,16H,2-3,8,10H2,1H3. The topological polar surface area (TPSA) is 79.2 Å². The van der Waals surface area contributed by atoms with E-state index < -0.39 is 10.0 Å². The van der Waals surface area contributed by atoms with Crippen LogP contribution in [0.25, 0.3) is 0 Å². The summed E-state index contributed by atoms with van der Waals surface area (Å²) in [6.45, 7) is 2.51. The lowest BCUT2D eigenvalue weighted by molar-refractivity contribution is 0.0902. The summed E-state index contributed by atoms with van der Waals surface area (Å²) in [5.41, 5.74) is 0.804. The summed E-state index contributed by atoms with van der Waals surface area (Å²) in [4.78, 5) is 0.212. The molecule has 5 nitrogen and oxygen atoms in total. The summed E-state index contributed by atoms with van der Waals surface area (Å²) in [6.07, 6.45) is 2.08. The second kappa shape index (κ2) is 6.35. The molecule has 2 unspecified atom stereocenters. The first kappa shape index (κ1) is 15.0. The van der Waals surface area contributed by atoms with Gasteiger partial charge in [0.2, 0.25) is 10.0 Å². The second-order valence-electron chi connectivity index (χ2n) is 4.94. The van der Waals surface area contributed by atoms with Gasteiger partial charge < -0.3 is 4.74 Å². The first-order valence-electron chi connectivity index (χ1n) is 6.63. The van der Waals surface area contributed by atoms with Crippen LogP contribution in [-0.4, -0.2) is 27.2 Å². The molecule has 2 atom stereocenters. The van der Waals surface area contributed by atoms with E-state index in [1.807, 2.05) is 13.0 Å². The third kappa shape index (κ3) is 3.57. The number of rotatable bonds is 5. The van der Waals surface area contributed by atoms with Crippen LogP contribution in [0.2, 0.25) is 0 Å². The number of ether oxygens (including phenoxy) is 1. The van der Waals surface area contributed by atoms with E-state index in [9.17, 15) is 8.42 Å². The fourth-order valence-electron chi connectivity index (χ4n) is 2.26. The Kier molecular flexibility index (Phi) is 4.76. The van der Waals surface area contributed by atoms with E-state index in [2.05, 4.69) is 4.72 Å². The van der Waals surface area contributed by atoms with Crippen LogP contribution in [0, 0.1) is 11.3 Å². The van der Waals surface area contributed by atoms with Crippen molar-refractivity contribution in [1.29, 1.82) is 5.26 Å². The molecule has 1 heterocycles. The Morgan fingerprint density at radius 2 is 2.15 bits per heavy atom. The quantitative estimate of drug-likeness (QED) is 0.894. The van der Waals surface area contributed by atoms with Crippen molar-refractivity contribution in [3.63, 3.8) is 0 Å². The lowest BCUT2D eigenvalue weighted by Crippen LogP contribution is -2.40. The monoisotopic (exact) mass is 294 g/mol. The van der Waals surface area contributed by atoms with Gasteiger partial charge in [-0.1, -0.05) is 12.1 Å². The molecule has 0 bridgehead atoms. The third-order valence-electron chi connectivity index (χ3n) is 3.38. The molecule has 2 rings (SSSR count). The van der Waals surface area contributed by atoms with Crippen LogP contribution in [0.1, 0.15) is 25.3 Å². The maximum absolute atomic E-state index is 12.2. The molecule has 0 amide bonds. The Balaban J connectivity index is 2.07. The van der Waals surface area contributed by atoms with E-state index in [-0.39, 0.29) is 23.5 Å². The first-order chi connectivity index (χ1) is 9.53. The fraction of sp³-hybridized carbons (Fsp3) is 0.500. The van der Waals surface area contributed by atoms with Crippen molar-refractivity contribution >= 4 is 10.0 Å². The number of nitrogens with zero attached hydrogens (tertiary/aromatic N) is 1. The van der Waals surface area contributed by atoms with Gasteiger partial charge in [0, 0.05) is 12.6 Å². The van der Waals surface area contributed by atoms with Gasteiger partial charge in [-0.05, 0) is 37.5 Å². The molecule has 1 saturated heterocycles. The van der Waals surface area contributed by atoms with Gasteiger partial charge >= 0.3 is 0 Å². The molecular formula is C14H18N2O3S. The Hall–Kier alpha value is -1.42. The van der Waals surface area contributed by atoms with E-state index >= 15 is 0 Å². The fourth-order valence-corrected chi connectivity index (χ4v) is 3.54. The highest BCUT2D eigenvalue weighted by Crippen LogP contribution is 2.18. The van der Waals surface area contributed by atoms with Gasteiger partial charge in [-0.15, -0.1) is 0 Å². The molecule has 1 N–H and O–H groups in total. The van der Waals surface area contributed by atoms with Gasteiger partial charge in [0.25, 0.3) is 0 Å². The predicted octanol–water partition coefficient (Wildman–Crippen LogP) is 1.60. The highest BCUT2D eigenvalue weighted by molar-refractivity contribution is 7.89. The summed E-state index contributed by atoms with van der Waals surface area (Å²) in [7, 11) is -3.54. The smallest absolute Gasteiger partial charge is 0.240 e. The number of sulfonamides is 1. The molecule has 0 aromatic heterocycles. The first-order valence-corrected chi connectivity index (χ1v) is 8.11. The van der Waals surface area contributed by atoms with Crippen LogP contribution in [0.15, 0.2) is 29.2 Å². The minimum absolute atomic E-state index is 0.0531. The number of nitriles is 1. The average molecular weight is 294 g/mol. The molecule has 6 heteroatoms. The summed E-state index contributed by atoms with van der Waals surface area (Å²) < 4.78 is 32.6. The van der Waals surface area contributed by atoms with Crippen molar-refractivity contribution < 1.29 is 13.2 Å². The second-order valence-corrected chi connectivity index (χ2v) is 6.65. The molecule has 1 aromatic rings. The molecule has 108 valence electrons. The van der Waals surface area contributed by atoms with Crippen LogP contribution in [0.3, 0.4) is 0 Å². The maximum Gasteiger partial charge on any atom is 0.240 e. The molecule has 1 fully saturated rings. The highest BCUT2D eigenvalue weighted by atomic mass is 32.2. The van der Waals surface area contributed by atoms with Gasteiger partial charge in [0.15, 0.2) is 0 Å². The van der Waals surface area contributed by atoms with Gasteiger partial charge in [-0.2, -0.15) is 5.26 Å². The van der Waals surface area contributed by atoms with Crippen LogP contribution >= 0.6 is 0 Å². The lowest BCUT2D eigenvalue weighted by atomic mass is 10.1. The number of nitrogens with one attached hydrogen (secondary N) is 1. The van der Waals surface area contributed by atoms with E-state index in [0.717, 1.165) is 18.4 Å². The Morgan fingerprint density at radius 1 is 1.45 bits per heavy atom. The van der Waals surface area contributed by atoms with E-state index in [1.54, 1.807) is 12.1 Å². The molecule has 1 aliphatic rings. The molecule has 1 aromatic carbocycles. The Bertz CT molecular complexity index is 584. The lowest BCUT2D eigenvalue weighted by Gasteiger charge is -2.20. The number of benzene rings is 1. The van der Waals surface area contributed by atoms with Gasteiger partial charge in [-0.3, -0.25) is 0 Å². The zero-order valence-corrected chi connectivity index (χ0v) is 12.2. The van der Waals surface area contributed by atoms with E-state index in [0.29, 0.717) is 6.61 Å². The molecule has 0 aliphatic carbocycles. The Morgan fingerprint density at radius 3 is 2.70 bits per heavy atom. The Labute approximate surface area is 119 Å². The zero-order valence-electron chi connectivity index (χ0n) is 11.4. The van der Waals surface area contributed by atoms with Crippen molar-refractivity contribution in [3.05, 3.63) is 29.8 Å². The molecule has 20 heavy (non-hydrogen) atoms. The van der Waals surface area contributed by atoms with Crippen molar-refractivity contribution in [3.8, 4) is 6.07 Å². The summed E-state index contributed by atoms with van der Waals surface area (Å²) in [5, 5.41) is 8.59. The van der Waals surface area contributed by atoms with E-state index in [1.165, 1.54) is 12.1 Å². The van der Waals surface area contributed by atoms with Crippen molar-refractivity contribution in [2.45, 2.75) is 43.2 Å². The predicted molar refractivity (Wildman–Crippen MR) is 74.5 cm³/mol. The maximum atomic E-state index is 12.2. The van der Waals surface area contributed by atoms with Crippen molar-refractivity contribution in [2.24, 2.45) is 0 Å². The summed E-state index contributed by atoms with van der Waals surface area (Å²) in [5.74, 6) is 0. The minimum atomic E-state index is -3.54. The summed E-state index contributed by atoms with van der Waals surface area (Å²) in [6, 6.07) is 8.15. The highest BCUT2D eigenvalue weighted by Gasteiger charge is 2.26. The number of hydrogen-bond acceptors (Lipinski definition) is 4. The van der Waals surface area contributed by atoms with Gasteiger partial charge in [-0.25, -0.2) is 13.1 Å². The molecule has 1 aliphatic heterocycles. The average Bonchev–Trinajstić information content (AvgIpc) is 2.93. The zero-order chi connectivity index (χ0) is 14.6. The van der Waals surface area contributed by atoms with Gasteiger partial charge in [0.1, 0.15) is 0 Å². The SMILES string of the molecule is CC(NS(=O)(=O)c1ccc(CC#N)cc1)C1CCCO1. The normalized spacial score (nSPS) is 20.5. The molecular weight excluding hydrogens is 276 g/mol. The number of hydrogen-bond donors (Lipinski definition) is 1. The molecule has 0 spiro atoms. The van der Waals surface area contributed by atoms with Crippen LogP contribution in [-0.2, 0) is 21.2 Å². The summed E-state index contributed by atoms with van der Waals surface area (Å²) >= 11 is 0. The molecule has 0 saturated carbocycles.